The first-order valence-corrected chi connectivity index (χ1v) is 7.01. The topological polar surface area (TPSA) is 56.2 Å². The molecule has 0 aromatic carbocycles. The minimum absolute atomic E-state index is 0.0422. The van der Waals surface area contributed by atoms with Crippen LogP contribution in [0.2, 0.25) is 0 Å². The van der Waals surface area contributed by atoms with Crippen molar-refractivity contribution in [3.05, 3.63) is 17.0 Å². The zero-order valence-electron chi connectivity index (χ0n) is 12.0. The summed E-state index contributed by atoms with van der Waals surface area (Å²) in [6.07, 6.45) is 1.69. The van der Waals surface area contributed by atoms with E-state index >= 15 is 0 Å². The van der Waals surface area contributed by atoms with Gasteiger partial charge in [-0.2, -0.15) is 5.10 Å². The second-order valence-corrected chi connectivity index (χ2v) is 5.07. The van der Waals surface area contributed by atoms with E-state index in [-0.39, 0.29) is 11.8 Å². The van der Waals surface area contributed by atoms with Gasteiger partial charge in [-0.25, -0.2) is 0 Å². The number of nitrogens with one attached hydrogen (secondary N) is 1. The monoisotopic (exact) mass is 265 g/mol. The number of ether oxygens (including phenoxy) is 1. The van der Waals surface area contributed by atoms with Crippen LogP contribution in [-0.2, 0) is 22.5 Å². The molecule has 0 aliphatic carbocycles. The maximum atomic E-state index is 11.9. The van der Waals surface area contributed by atoms with Crippen molar-refractivity contribution in [3.63, 3.8) is 0 Å². The molecule has 1 unspecified atom stereocenters. The average molecular weight is 265 g/mol. The molecule has 19 heavy (non-hydrogen) atoms. The molecular weight excluding hydrogens is 242 g/mol. The standard InChI is InChI=1S/C14H23N3O2/c1-4-17-11(3)13(10(2)16-17)5-7-15-14(18)12-6-8-19-9-12/h12H,4-9H2,1-3H3,(H,15,18). The minimum Gasteiger partial charge on any atom is -0.381 e. The zero-order chi connectivity index (χ0) is 13.8. The van der Waals surface area contributed by atoms with Crippen molar-refractivity contribution in [3.8, 4) is 0 Å². The number of hydrogen-bond donors (Lipinski definition) is 1. The van der Waals surface area contributed by atoms with E-state index in [0.717, 1.165) is 25.1 Å². The molecule has 0 radical (unpaired) electrons. The second-order valence-electron chi connectivity index (χ2n) is 5.07. The van der Waals surface area contributed by atoms with Gasteiger partial charge in [-0.3, -0.25) is 9.48 Å². The quantitative estimate of drug-likeness (QED) is 0.871. The van der Waals surface area contributed by atoms with E-state index in [0.29, 0.717) is 19.8 Å². The summed E-state index contributed by atoms with van der Waals surface area (Å²) in [5, 5.41) is 7.49. The molecule has 2 heterocycles. The number of nitrogens with zero attached hydrogens (tertiary/aromatic N) is 2. The maximum Gasteiger partial charge on any atom is 0.225 e. The predicted octanol–water partition coefficient (Wildman–Crippen LogP) is 1.22. The van der Waals surface area contributed by atoms with Crippen LogP contribution >= 0.6 is 0 Å². The van der Waals surface area contributed by atoms with Gasteiger partial charge in [0.25, 0.3) is 0 Å². The summed E-state index contributed by atoms with van der Waals surface area (Å²) in [6.45, 7) is 9.04. The fraction of sp³-hybridized carbons (Fsp3) is 0.714. The Morgan fingerprint density at radius 3 is 2.89 bits per heavy atom. The van der Waals surface area contributed by atoms with Crippen LogP contribution in [0.25, 0.3) is 0 Å². The van der Waals surface area contributed by atoms with E-state index in [4.69, 9.17) is 4.74 Å². The third-order valence-corrected chi connectivity index (χ3v) is 3.81. The molecule has 0 bridgehead atoms. The Balaban J connectivity index is 1.85. The van der Waals surface area contributed by atoms with Gasteiger partial charge >= 0.3 is 0 Å². The molecule has 1 aliphatic heterocycles. The van der Waals surface area contributed by atoms with Gasteiger partial charge in [0.15, 0.2) is 0 Å². The fourth-order valence-corrected chi connectivity index (χ4v) is 2.60. The Morgan fingerprint density at radius 2 is 2.32 bits per heavy atom. The lowest BCUT2D eigenvalue weighted by Gasteiger charge is -2.09. The number of rotatable bonds is 5. The van der Waals surface area contributed by atoms with Crippen LogP contribution in [0, 0.1) is 19.8 Å². The highest BCUT2D eigenvalue weighted by Crippen LogP contribution is 2.14. The van der Waals surface area contributed by atoms with Gasteiger partial charge in [0.05, 0.1) is 18.2 Å². The molecule has 1 fully saturated rings. The van der Waals surface area contributed by atoms with Crippen LogP contribution in [0.1, 0.15) is 30.3 Å². The van der Waals surface area contributed by atoms with E-state index < -0.39 is 0 Å². The highest BCUT2D eigenvalue weighted by atomic mass is 16.5. The average Bonchev–Trinajstić information content (AvgIpc) is 3.01. The third-order valence-electron chi connectivity index (χ3n) is 3.81. The van der Waals surface area contributed by atoms with Crippen LogP contribution in [0.5, 0.6) is 0 Å². The smallest absolute Gasteiger partial charge is 0.225 e. The summed E-state index contributed by atoms with van der Waals surface area (Å²) in [7, 11) is 0. The van der Waals surface area contributed by atoms with Crippen LogP contribution < -0.4 is 5.32 Å². The molecule has 0 spiro atoms. The highest BCUT2D eigenvalue weighted by Gasteiger charge is 2.23. The van der Waals surface area contributed by atoms with Crippen LogP contribution in [-0.4, -0.2) is 35.4 Å². The molecule has 1 aromatic heterocycles. The predicted molar refractivity (Wildman–Crippen MR) is 73.0 cm³/mol. The van der Waals surface area contributed by atoms with Crippen molar-refractivity contribution in [2.45, 2.75) is 40.2 Å². The molecule has 1 aromatic rings. The van der Waals surface area contributed by atoms with Crippen molar-refractivity contribution < 1.29 is 9.53 Å². The Hall–Kier alpha value is -1.36. The molecule has 1 aliphatic rings. The third kappa shape index (κ3) is 3.15. The van der Waals surface area contributed by atoms with Crippen molar-refractivity contribution >= 4 is 5.91 Å². The Labute approximate surface area is 114 Å². The first-order chi connectivity index (χ1) is 9.13. The molecule has 1 N–H and O–H groups in total. The lowest BCUT2D eigenvalue weighted by Crippen LogP contribution is -2.32. The fourth-order valence-electron chi connectivity index (χ4n) is 2.60. The van der Waals surface area contributed by atoms with E-state index in [9.17, 15) is 4.79 Å². The van der Waals surface area contributed by atoms with Crippen LogP contribution in [0.15, 0.2) is 0 Å². The Kier molecular flexibility index (Phi) is 4.58. The molecule has 1 amide bonds. The maximum absolute atomic E-state index is 11.9. The largest absolute Gasteiger partial charge is 0.381 e. The zero-order valence-corrected chi connectivity index (χ0v) is 12.0. The molecule has 1 atom stereocenters. The SMILES string of the molecule is CCn1nc(C)c(CCNC(=O)C2CCOC2)c1C. The van der Waals surface area contributed by atoms with E-state index in [1.807, 2.05) is 11.6 Å². The van der Waals surface area contributed by atoms with Crippen molar-refractivity contribution in [2.24, 2.45) is 5.92 Å². The molecule has 2 rings (SSSR count). The lowest BCUT2D eigenvalue weighted by atomic mass is 10.1. The molecule has 5 heteroatoms. The molecular formula is C14H23N3O2. The van der Waals surface area contributed by atoms with E-state index in [1.54, 1.807) is 0 Å². The number of carbonyl (C=O) groups excluding carboxylic acids is 1. The number of aryl methyl sites for hydroxylation is 2. The minimum atomic E-state index is 0.0422. The first kappa shape index (κ1) is 14.1. The number of amides is 1. The summed E-state index contributed by atoms with van der Waals surface area (Å²) in [5.74, 6) is 0.163. The molecule has 1 saturated heterocycles. The highest BCUT2D eigenvalue weighted by molar-refractivity contribution is 5.78. The Bertz CT molecular complexity index is 448. The van der Waals surface area contributed by atoms with Crippen molar-refractivity contribution in [1.82, 2.24) is 15.1 Å². The van der Waals surface area contributed by atoms with E-state index in [2.05, 4.69) is 24.3 Å². The molecule has 106 valence electrons. The second kappa shape index (κ2) is 6.19. The van der Waals surface area contributed by atoms with Gasteiger partial charge < -0.3 is 10.1 Å². The van der Waals surface area contributed by atoms with Gasteiger partial charge in [-0.05, 0) is 39.2 Å². The van der Waals surface area contributed by atoms with Gasteiger partial charge in [0.2, 0.25) is 5.91 Å². The number of carbonyl (C=O) groups is 1. The lowest BCUT2D eigenvalue weighted by molar-refractivity contribution is -0.124. The number of aromatic nitrogens is 2. The van der Waals surface area contributed by atoms with E-state index in [1.165, 1.54) is 11.3 Å². The summed E-state index contributed by atoms with van der Waals surface area (Å²) in [6, 6.07) is 0. The van der Waals surface area contributed by atoms with Crippen LogP contribution in [0.4, 0.5) is 0 Å². The summed E-state index contributed by atoms with van der Waals surface area (Å²) in [4.78, 5) is 11.9. The van der Waals surface area contributed by atoms with Crippen LogP contribution in [0.3, 0.4) is 0 Å². The van der Waals surface area contributed by atoms with Crippen molar-refractivity contribution in [2.75, 3.05) is 19.8 Å². The van der Waals surface area contributed by atoms with Gasteiger partial charge in [-0.1, -0.05) is 0 Å². The summed E-state index contributed by atoms with van der Waals surface area (Å²) < 4.78 is 7.24. The first-order valence-electron chi connectivity index (χ1n) is 7.01. The number of hydrogen-bond acceptors (Lipinski definition) is 3. The Morgan fingerprint density at radius 1 is 1.53 bits per heavy atom. The van der Waals surface area contributed by atoms with Gasteiger partial charge in [-0.15, -0.1) is 0 Å². The van der Waals surface area contributed by atoms with Gasteiger partial charge in [0.1, 0.15) is 0 Å². The molecule has 0 saturated carbocycles. The normalized spacial score (nSPS) is 18.8. The summed E-state index contributed by atoms with van der Waals surface area (Å²) >= 11 is 0. The van der Waals surface area contributed by atoms with Crippen molar-refractivity contribution in [1.29, 1.82) is 0 Å². The van der Waals surface area contributed by atoms with Gasteiger partial charge in [0, 0.05) is 25.4 Å². The summed E-state index contributed by atoms with van der Waals surface area (Å²) in [5.41, 5.74) is 3.53. The molecule has 5 nitrogen and oxygen atoms in total.